The first-order valence-electron chi connectivity index (χ1n) is 9.80. The summed E-state index contributed by atoms with van der Waals surface area (Å²) in [5.74, 6) is -1.15. The van der Waals surface area contributed by atoms with E-state index in [0.717, 1.165) is 16.7 Å². The molecule has 1 aliphatic rings. The maximum atomic E-state index is 12.6. The summed E-state index contributed by atoms with van der Waals surface area (Å²) in [7, 11) is 1.43. The van der Waals surface area contributed by atoms with Crippen LogP contribution in [0.2, 0.25) is 0 Å². The summed E-state index contributed by atoms with van der Waals surface area (Å²) in [4.78, 5) is 49.4. The molecule has 0 unspecified atom stereocenters. The van der Waals surface area contributed by atoms with Crippen LogP contribution in [-0.2, 0) is 23.9 Å². The van der Waals surface area contributed by atoms with Crippen LogP contribution in [-0.4, -0.2) is 61.0 Å². The Morgan fingerprint density at radius 1 is 1.22 bits per heavy atom. The predicted octanol–water partition coefficient (Wildman–Crippen LogP) is 3.78. The van der Waals surface area contributed by atoms with Gasteiger partial charge in [0.15, 0.2) is 18.1 Å². The molecule has 174 valence electrons. The molecule has 0 spiro atoms. The van der Waals surface area contributed by atoms with E-state index in [4.69, 9.17) is 18.9 Å². The minimum absolute atomic E-state index is 0.153. The number of carbonyl (C=O) groups excluding carboxylic acids is 4. The Bertz CT molecular complexity index is 933. The number of methoxy groups -OCH3 is 1. The Balaban J connectivity index is 2.18. The van der Waals surface area contributed by atoms with Crippen molar-refractivity contribution in [3.63, 3.8) is 0 Å². The van der Waals surface area contributed by atoms with Crippen LogP contribution >= 0.6 is 27.7 Å². The van der Waals surface area contributed by atoms with Crippen LogP contribution in [0.1, 0.15) is 32.8 Å². The van der Waals surface area contributed by atoms with E-state index in [0.29, 0.717) is 28.0 Å². The van der Waals surface area contributed by atoms with Gasteiger partial charge in [-0.3, -0.25) is 19.3 Å². The zero-order valence-electron chi connectivity index (χ0n) is 18.1. The predicted molar refractivity (Wildman–Crippen MR) is 121 cm³/mol. The molecule has 0 aliphatic carbocycles. The van der Waals surface area contributed by atoms with Gasteiger partial charge in [-0.25, -0.2) is 4.79 Å². The van der Waals surface area contributed by atoms with Crippen molar-refractivity contribution in [2.75, 3.05) is 26.9 Å². The van der Waals surface area contributed by atoms with Gasteiger partial charge in [0.2, 0.25) is 0 Å². The second-order valence-electron chi connectivity index (χ2n) is 6.60. The Kier molecular flexibility index (Phi) is 9.58. The SMILES string of the molecule is CCOC(=O)COc1c(Br)cc(/C=C2\SC(=O)N(CC(=O)O[C@H](C)CC)C2=O)cc1OC. The fraction of sp³-hybridized carbons (Fsp3) is 0.429. The van der Waals surface area contributed by atoms with Crippen molar-refractivity contribution in [1.82, 2.24) is 4.90 Å². The summed E-state index contributed by atoms with van der Waals surface area (Å²) in [5, 5.41) is -0.553. The molecule has 2 rings (SSSR count). The Morgan fingerprint density at radius 2 is 1.94 bits per heavy atom. The number of imide groups is 1. The number of benzene rings is 1. The highest BCUT2D eigenvalue weighted by atomic mass is 79.9. The number of amides is 2. The minimum atomic E-state index is -0.643. The number of nitrogens with zero attached hydrogens (tertiary/aromatic N) is 1. The van der Waals surface area contributed by atoms with Crippen molar-refractivity contribution < 1.29 is 38.1 Å². The zero-order chi connectivity index (χ0) is 23.8. The molecule has 0 saturated carbocycles. The first-order valence-corrected chi connectivity index (χ1v) is 11.4. The molecular formula is C21H24BrNO8S. The number of rotatable bonds is 10. The first kappa shape index (κ1) is 25.7. The molecule has 0 bridgehead atoms. The summed E-state index contributed by atoms with van der Waals surface area (Å²) in [6.07, 6.45) is 1.84. The van der Waals surface area contributed by atoms with Crippen LogP contribution in [0, 0.1) is 0 Å². The van der Waals surface area contributed by atoms with E-state index in [-0.39, 0.29) is 24.2 Å². The fourth-order valence-electron chi connectivity index (χ4n) is 2.56. The molecule has 11 heteroatoms. The molecule has 1 atom stereocenters. The highest BCUT2D eigenvalue weighted by Gasteiger charge is 2.37. The lowest BCUT2D eigenvalue weighted by Crippen LogP contribution is -2.35. The molecule has 0 radical (unpaired) electrons. The van der Waals surface area contributed by atoms with E-state index in [1.54, 1.807) is 26.0 Å². The molecule has 2 amide bonds. The van der Waals surface area contributed by atoms with E-state index < -0.39 is 29.6 Å². The quantitative estimate of drug-likeness (QED) is 0.330. The second kappa shape index (κ2) is 11.9. The van der Waals surface area contributed by atoms with Gasteiger partial charge < -0.3 is 18.9 Å². The molecule has 1 aliphatic heterocycles. The number of thioether (sulfide) groups is 1. The van der Waals surface area contributed by atoms with E-state index >= 15 is 0 Å². The molecule has 1 heterocycles. The Hall–Kier alpha value is -2.53. The molecule has 1 aromatic rings. The van der Waals surface area contributed by atoms with Crippen LogP contribution in [0.15, 0.2) is 21.5 Å². The number of hydrogen-bond donors (Lipinski definition) is 0. The third kappa shape index (κ3) is 6.73. The number of hydrogen-bond acceptors (Lipinski definition) is 9. The van der Waals surface area contributed by atoms with Crippen LogP contribution in [0.25, 0.3) is 6.08 Å². The molecule has 1 fully saturated rings. The average Bonchev–Trinajstić information content (AvgIpc) is 2.99. The number of carbonyl (C=O) groups is 4. The lowest BCUT2D eigenvalue weighted by atomic mass is 10.2. The van der Waals surface area contributed by atoms with E-state index in [2.05, 4.69) is 15.9 Å². The Morgan fingerprint density at radius 3 is 2.56 bits per heavy atom. The van der Waals surface area contributed by atoms with Crippen LogP contribution in [0.3, 0.4) is 0 Å². The van der Waals surface area contributed by atoms with Gasteiger partial charge in [0.25, 0.3) is 11.1 Å². The van der Waals surface area contributed by atoms with E-state index in [9.17, 15) is 19.2 Å². The molecule has 1 aromatic carbocycles. The van der Waals surface area contributed by atoms with Crippen molar-refractivity contribution in [2.45, 2.75) is 33.3 Å². The number of esters is 2. The monoisotopic (exact) mass is 529 g/mol. The van der Waals surface area contributed by atoms with Gasteiger partial charge in [0.1, 0.15) is 6.54 Å². The fourth-order valence-corrected chi connectivity index (χ4v) is 3.97. The molecule has 9 nitrogen and oxygen atoms in total. The third-order valence-electron chi connectivity index (χ3n) is 4.26. The molecule has 1 saturated heterocycles. The largest absolute Gasteiger partial charge is 0.493 e. The van der Waals surface area contributed by atoms with E-state index in [1.165, 1.54) is 13.2 Å². The molecule has 32 heavy (non-hydrogen) atoms. The van der Waals surface area contributed by atoms with Crippen LogP contribution in [0.5, 0.6) is 11.5 Å². The Labute approximate surface area is 198 Å². The molecule has 0 aromatic heterocycles. The first-order chi connectivity index (χ1) is 15.2. The standard InChI is InChI=1S/C21H24BrNO8S/c1-5-12(3)31-17(24)10-23-20(26)16(32-21(23)27)9-13-7-14(22)19(15(8-13)28-4)30-11-18(25)29-6-2/h7-9,12H,5-6,10-11H2,1-4H3/b16-9-/t12-/m1/s1. The summed E-state index contributed by atoms with van der Waals surface area (Å²) in [5.41, 5.74) is 0.546. The van der Waals surface area contributed by atoms with Crippen LogP contribution in [0.4, 0.5) is 4.79 Å². The highest BCUT2D eigenvalue weighted by molar-refractivity contribution is 9.10. The summed E-state index contributed by atoms with van der Waals surface area (Å²) in [6, 6.07) is 3.24. The minimum Gasteiger partial charge on any atom is -0.493 e. The second-order valence-corrected chi connectivity index (χ2v) is 8.45. The number of halogens is 1. The van der Waals surface area contributed by atoms with Gasteiger partial charge in [-0.05, 0) is 71.7 Å². The maximum absolute atomic E-state index is 12.6. The lowest BCUT2D eigenvalue weighted by Gasteiger charge is -2.15. The normalized spacial score (nSPS) is 15.7. The summed E-state index contributed by atoms with van der Waals surface area (Å²) in [6.45, 7) is 4.79. The van der Waals surface area contributed by atoms with Crippen molar-refractivity contribution in [2.24, 2.45) is 0 Å². The van der Waals surface area contributed by atoms with E-state index in [1.807, 2.05) is 6.92 Å². The summed E-state index contributed by atoms with van der Waals surface area (Å²) < 4.78 is 21.3. The van der Waals surface area contributed by atoms with Crippen molar-refractivity contribution in [3.8, 4) is 11.5 Å². The zero-order valence-corrected chi connectivity index (χ0v) is 20.5. The van der Waals surface area contributed by atoms with Gasteiger partial charge >= 0.3 is 11.9 Å². The number of ether oxygens (including phenoxy) is 4. The highest BCUT2D eigenvalue weighted by Crippen LogP contribution is 2.39. The lowest BCUT2D eigenvalue weighted by molar-refractivity contribution is -0.150. The van der Waals surface area contributed by atoms with Crippen LogP contribution < -0.4 is 9.47 Å². The average molecular weight is 530 g/mol. The summed E-state index contributed by atoms with van der Waals surface area (Å²) >= 11 is 4.09. The van der Waals surface area contributed by atoms with Gasteiger partial charge in [0, 0.05) is 0 Å². The van der Waals surface area contributed by atoms with Crippen molar-refractivity contribution >= 4 is 56.9 Å². The smallest absolute Gasteiger partial charge is 0.344 e. The van der Waals surface area contributed by atoms with Gasteiger partial charge in [-0.15, -0.1) is 0 Å². The molecule has 0 N–H and O–H groups in total. The van der Waals surface area contributed by atoms with Crippen molar-refractivity contribution in [1.29, 1.82) is 0 Å². The van der Waals surface area contributed by atoms with Gasteiger partial charge in [0.05, 0.1) is 29.2 Å². The molecular weight excluding hydrogens is 506 g/mol. The topological polar surface area (TPSA) is 108 Å². The third-order valence-corrected chi connectivity index (χ3v) is 5.75. The van der Waals surface area contributed by atoms with Crippen molar-refractivity contribution in [3.05, 3.63) is 27.1 Å². The maximum Gasteiger partial charge on any atom is 0.344 e. The van der Waals surface area contributed by atoms with Gasteiger partial charge in [-0.2, -0.15) is 0 Å². The van der Waals surface area contributed by atoms with Gasteiger partial charge in [-0.1, -0.05) is 6.92 Å².